The molecule has 1 fully saturated rings. The minimum absolute atomic E-state index is 0.0357. The number of nitrogens with one attached hydrogen (secondary N) is 1. The first-order valence-corrected chi connectivity index (χ1v) is 6.60. The molecule has 0 radical (unpaired) electrons. The molecule has 1 atom stereocenters. The summed E-state index contributed by atoms with van der Waals surface area (Å²) in [6.07, 6.45) is 2.04. The van der Waals surface area contributed by atoms with Gasteiger partial charge in [0.15, 0.2) is 5.03 Å². The molecular formula is C9H15N3O3S. The van der Waals surface area contributed by atoms with Crippen LogP contribution in [-0.2, 0) is 10.0 Å². The third kappa shape index (κ3) is 1.98. The van der Waals surface area contributed by atoms with E-state index in [1.54, 1.807) is 6.92 Å². The van der Waals surface area contributed by atoms with Gasteiger partial charge in [-0.15, -0.1) is 0 Å². The zero-order valence-electron chi connectivity index (χ0n) is 9.05. The molecule has 2 heterocycles. The number of nitrogens with zero attached hydrogens (tertiary/aromatic N) is 2. The Balaban J connectivity index is 2.21. The van der Waals surface area contributed by atoms with Gasteiger partial charge in [-0.3, -0.25) is 0 Å². The highest BCUT2D eigenvalue weighted by molar-refractivity contribution is 7.89. The Morgan fingerprint density at radius 3 is 2.94 bits per heavy atom. The average Bonchev–Trinajstić information content (AvgIpc) is 2.85. The predicted molar refractivity (Wildman–Crippen MR) is 57.3 cm³/mol. The molecule has 1 aromatic rings. The Morgan fingerprint density at radius 1 is 1.69 bits per heavy atom. The van der Waals surface area contributed by atoms with Gasteiger partial charge in [0.05, 0.1) is 6.20 Å². The maximum Gasteiger partial charge on any atom is 0.260 e. The van der Waals surface area contributed by atoms with Crippen LogP contribution in [0.15, 0.2) is 11.2 Å². The van der Waals surface area contributed by atoms with E-state index in [9.17, 15) is 8.42 Å². The van der Waals surface area contributed by atoms with Crippen LogP contribution in [0.4, 0.5) is 0 Å². The summed E-state index contributed by atoms with van der Waals surface area (Å²) in [5.74, 6) is 0.635. The molecule has 2 rings (SSSR count). The summed E-state index contributed by atoms with van der Waals surface area (Å²) >= 11 is 0. The highest BCUT2D eigenvalue weighted by Gasteiger charge is 2.33. The molecule has 0 amide bonds. The molecule has 1 aromatic heterocycles. The van der Waals surface area contributed by atoms with E-state index in [4.69, 9.17) is 5.11 Å². The van der Waals surface area contributed by atoms with E-state index in [2.05, 4.69) is 9.97 Å². The number of sulfonamides is 1. The predicted octanol–water partition coefficient (Wildman–Crippen LogP) is -0.279. The highest BCUT2D eigenvalue weighted by Crippen LogP contribution is 2.22. The van der Waals surface area contributed by atoms with Crippen molar-refractivity contribution < 1.29 is 13.5 Å². The van der Waals surface area contributed by atoms with E-state index in [1.807, 2.05) is 0 Å². The van der Waals surface area contributed by atoms with Gasteiger partial charge in [0, 0.05) is 19.7 Å². The lowest BCUT2D eigenvalue weighted by Crippen LogP contribution is -2.29. The van der Waals surface area contributed by atoms with E-state index in [-0.39, 0.29) is 17.6 Å². The molecule has 1 aliphatic rings. The minimum Gasteiger partial charge on any atom is -0.396 e. The molecule has 0 spiro atoms. The summed E-state index contributed by atoms with van der Waals surface area (Å²) in [6.45, 7) is 2.59. The van der Waals surface area contributed by atoms with Crippen molar-refractivity contribution >= 4 is 10.0 Å². The molecule has 16 heavy (non-hydrogen) atoms. The van der Waals surface area contributed by atoms with Crippen molar-refractivity contribution in [1.82, 2.24) is 14.3 Å². The number of rotatable bonds is 3. The summed E-state index contributed by atoms with van der Waals surface area (Å²) in [5, 5.41) is 9.11. The SMILES string of the molecule is Cc1ncc(S(=O)(=O)N2CCC(CO)C2)[nH]1. The van der Waals surface area contributed by atoms with Gasteiger partial charge >= 0.3 is 0 Å². The Morgan fingerprint density at radius 2 is 2.44 bits per heavy atom. The Bertz CT molecular complexity index is 468. The Labute approximate surface area is 94.4 Å². The molecule has 0 saturated carbocycles. The van der Waals surface area contributed by atoms with Crippen molar-refractivity contribution in [2.24, 2.45) is 5.92 Å². The highest BCUT2D eigenvalue weighted by atomic mass is 32.2. The fourth-order valence-electron chi connectivity index (χ4n) is 1.83. The summed E-state index contributed by atoms with van der Waals surface area (Å²) in [7, 11) is -3.46. The fourth-order valence-corrected chi connectivity index (χ4v) is 3.33. The number of hydrogen-bond acceptors (Lipinski definition) is 4. The van der Waals surface area contributed by atoms with Crippen molar-refractivity contribution in [3.8, 4) is 0 Å². The second-order valence-corrected chi connectivity index (χ2v) is 5.94. The molecule has 6 nitrogen and oxygen atoms in total. The average molecular weight is 245 g/mol. The normalized spacial score (nSPS) is 22.8. The second-order valence-electron chi connectivity index (χ2n) is 4.03. The van der Waals surface area contributed by atoms with Crippen LogP contribution >= 0.6 is 0 Å². The molecule has 2 N–H and O–H groups in total. The van der Waals surface area contributed by atoms with Crippen molar-refractivity contribution in [3.63, 3.8) is 0 Å². The third-order valence-electron chi connectivity index (χ3n) is 2.80. The standard InChI is InChI=1S/C9H15N3O3S/c1-7-10-4-9(11-7)16(14,15)12-3-2-8(5-12)6-13/h4,8,13H,2-3,5-6H2,1H3,(H,10,11). The molecule has 0 bridgehead atoms. The summed E-state index contributed by atoms with van der Waals surface area (Å²) in [5.41, 5.74) is 0. The first kappa shape index (κ1) is 11.6. The lowest BCUT2D eigenvalue weighted by Gasteiger charge is -2.14. The molecule has 0 aliphatic carbocycles. The number of aliphatic hydroxyl groups excluding tert-OH is 1. The molecule has 90 valence electrons. The number of aliphatic hydroxyl groups is 1. The van der Waals surface area contributed by atoms with Crippen LogP contribution in [0.5, 0.6) is 0 Å². The fraction of sp³-hybridized carbons (Fsp3) is 0.667. The van der Waals surface area contributed by atoms with E-state index in [1.165, 1.54) is 10.5 Å². The van der Waals surface area contributed by atoms with E-state index in [0.29, 0.717) is 25.3 Å². The van der Waals surface area contributed by atoms with Gasteiger partial charge in [0.1, 0.15) is 5.82 Å². The van der Waals surface area contributed by atoms with Gasteiger partial charge in [-0.05, 0) is 19.3 Å². The quantitative estimate of drug-likeness (QED) is 0.767. The van der Waals surface area contributed by atoms with Gasteiger partial charge in [0.2, 0.25) is 0 Å². The number of aromatic amines is 1. The zero-order valence-corrected chi connectivity index (χ0v) is 9.87. The second kappa shape index (κ2) is 4.15. The molecule has 7 heteroatoms. The Hall–Kier alpha value is -0.920. The first-order valence-electron chi connectivity index (χ1n) is 5.16. The molecule has 1 saturated heterocycles. The maximum atomic E-state index is 12.1. The van der Waals surface area contributed by atoms with Crippen molar-refractivity contribution in [3.05, 3.63) is 12.0 Å². The zero-order chi connectivity index (χ0) is 11.8. The van der Waals surface area contributed by atoms with Gasteiger partial charge in [-0.2, -0.15) is 4.31 Å². The largest absolute Gasteiger partial charge is 0.396 e. The first-order chi connectivity index (χ1) is 7.54. The van der Waals surface area contributed by atoms with Gasteiger partial charge in [-0.25, -0.2) is 13.4 Å². The lowest BCUT2D eigenvalue weighted by molar-refractivity contribution is 0.233. The van der Waals surface area contributed by atoms with Crippen LogP contribution in [0.25, 0.3) is 0 Å². The van der Waals surface area contributed by atoms with E-state index < -0.39 is 10.0 Å². The number of imidazole rings is 1. The summed E-state index contributed by atoms with van der Waals surface area (Å²) in [6, 6.07) is 0. The topological polar surface area (TPSA) is 86.3 Å². The number of H-pyrrole nitrogens is 1. The maximum absolute atomic E-state index is 12.1. The molecule has 0 aromatic carbocycles. The van der Waals surface area contributed by atoms with E-state index in [0.717, 1.165) is 0 Å². The van der Waals surface area contributed by atoms with E-state index >= 15 is 0 Å². The minimum atomic E-state index is -3.46. The van der Waals surface area contributed by atoms with Gasteiger partial charge < -0.3 is 10.1 Å². The summed E-state index contributed by atoms with van der Waals surface area (Å²) < 4.78 is 25.6. The van der Waals surface area contributed by atoms with Gasteiger partial charge in [0.25, 0.3) is 10.0 Å². The molecular weight excluding hydrogens is 230 g/mol. The molecule has 1 unspecified atom stereocenters. The van der Waals surface area contributed by atoms with Crippen LogP contribution in [0.1, 0.15) is 12.2 Å². The van der Waals surface area contributed by atoms with Crippen molar-refractivity contribution in [1.29, 1.82) is 0 Å². The van der Waals surface area contributed by atoms with Crippen LogP contribution in [0.3, 0.4) is 0 Å². The van der Waals surface area contributed by atoms with Crippen molar-refractivity contribution in [2.45, 2.75) is 18.4 Å². The van der Waals surface area contributed by atoms with Crippen molar-refractivity contribution in [2.75, 3.05) is 19.7 Å². The smallest absolute Gasteiger partial charge is 0.260 e. The number of hydrogen-bond donors (Lipinski definition) is 2. The Kier molecular flexibility index (Phi) is 3.00. The van der Waals surface area contributed by atoms with Crippen LogP contribution in [0.2, 0.25) is 0 Å². The third-order valence-corrected chi connectivity index (χ3v) is 4.58. The monoisotopic (exact) mass is 245 g/mol. The lowest BCUT2D eigenvalue weighted by atomic mass is 10.1. The molecule has 1 aliphatic heterocycles. The number of aryl methyl sites for hydroxylation is 1. The van der Waals surface area contributed by atoms with Crippen LogP contribution in [-0.4, -0.2) is 47.5 Å². The van der Waals surface area contributed by atoms with Crippen LogP contribution < -0.4 is 0 Å². The van der Waals surface area contributed by atoms with Crippen LogP contribution in [0, 0.1) is 12.8 Å². The van der Waals surface area contributed by atoms with Gasteiger partial charge in [-0.1, -0.05) is 0 Å². The summed E-state index contributed by atoms with van der Waals surface area (Å²) in [4.78, 5) is 6.61. The number of aromatic nitrogens is 2.